The maximum absolute atomic E-state index is 11.8. The summed E-state index contributed by atoms with van der Waals surface area (Å²) in [6.07, 6.45) is 2.23. The molecule has 0 unspecified atom stereocenters. The van der Waals surface area contributed by atoms with E-state index >= 15 is 0 Å². The zero-order chi connectivity index (χ0) is 15.5. The molecular formula is C16H18ClN3OS. The molecule has 1 N–H and O–H groups in total. The van der Waals surface area contributed by atoms with E-state index in [9.17, 15) is 4.79 Å². The van der Waals surface area contributed by atoms with Crippen molar-refractivity contribution < 1.29 is 4.79 Å². The molecule has 0 bridgehead atoms. The molecule has 1 saturated carbocycles. The van der Waals surface area contributed by atoms with Gasteiger partial charge in [-0.2, -0.15) is 0 Å². The summed E-state index contributed by atoms with van der Waals surface area (Å²) < 4.78 is 0. The summed E-state index contributed by atoms with van der Waals surface area (Å²) >= 11 is 7.78. The van der Waals surface area contributed by atoms with Gasteiger partial charge in [-0.25, -0.2) is 4.98 Å². The quantitative estimate of drug-likeness (QED) is 0.882. The average molecular weight is 336 g/mol. The van der Waals surface area contributed by atoms with Crippen LogP contribution < -0.4 is 5.32 Å². The molecule has 1 aromatic carbocycles. The van der Waals surface area contributed by atoms with Gasteiger partial charge in [-0.3, -0.25) is 9.69 Å². The standard InChI is InChI=1S/C16H18ClN3OS/c1-20(9-15(21)18-11-6-7-11)8-12-10-22-16(19-12)13-4-2-3-5-14(13)17/h2-5,10-11H,6-9H2,1H3,(H,18,21). The lowest BCUT2D eigenvalue weighted by molar-refractivity contribution is -0.122. The smallest absolute Gasteiger partial charge is 0.234 e. The van der Waals surface area contributed by atoms with Gasteiger partial charge >= 0.3 is 0 Å². The Hall–Kier alpha value is -1.43. The fourth-order valence-electron chi connectivity index (χ4n) is 2.22. The lowest BCUT2D eigenvalue weighted by Crippen LogP contribution is -2.35. The SMILES string of the molecule is CN(CC(=O)NC1CC1)Cc1csc(-c2ccccc2Cl)n1. The summed E-state index contributed by atoms with van der Waals surface area (Å²) in [4.78, 5) is 18.4. The van der Waals surface area contributed by atoms with Crippen molar-refractivity contribution in [3.05, 3.63) is 40.4 Å². The molecule has 4 nitrogen and oxygen atoms in total. The molecule has 3 rings (SSSR count). The van der Waals surface area contributed by atoms with Gasteiger partial charge in [-0.15, -0.1) is 11.3 Å². The van der Waals surface area contributed by atoms with E-state index in [1.54, 1.807) is 11.3 Å². The molecule has 0 spiro atoms. The Kier molecular flexibility index (Phi) is 4.76. The molecule has 0 saturated heterocycles. The van der Waals surface area contributed by atoms with Gasteiger partial charge in [-0.05, 0) is 26.0 Å². The summed E-state index contributed by atoms with van der Waals surface area (Å²) in [6.45, 7) is 1.05. The summed E-state index contributed by atoms with van der Waals surface area (Å²) in [7, 11) is 1.93. The Morgan fingerprint density at radius 3 is 2.95 bits per heavy atom. The van der Waals surface area contributed by atoms with Gasteiger partial charge in [0.1, 0.15) is 5.01 Å². The van der Waals surface area contributed by atoms with Crippen molar-refractivity contribution in [2.24, 2.45) is 0 Å². The van der Waals surface area contributed by atoms with Crippen LogP contribution in [0.4, 0.5) is 0 Å². The topological polar surface area (TPSA) is 45.2 Å². The van der Waals surface area contributed by atoms with E-state index in [2.05, 4.69) is 10.3 Å². The number of amides is 1. The third-order valence-electron chi connectivity index (χ3n) is 3.44. The van der Waals surface area contributed by atoms with Gasteiger partial charge in [0.25, 0.3) is 0 Å². The van der Waals surface area contributed by atoms with Crippen LogP contribution in [-0.4, -0.2) is 35.4 Å². The molecule has 6 heteroatoms. The number of nitrogens with zero attached hydrogens (tertiary/aromatic N) is 2. The Morgan fingerprint density at radius 2 is 2.23 bits per heavy atom. The maximum Gasteiger partial charge on any atom is 0.234 e. The predicted molar refractivity (Wildman–Crippen MR) is 90.1 cm³/mol. The molecule has 1 aliphatic carbocycles. The Bertz CT molecular complexity index is 669. The number of thiazole rings is 1. The van der Waals surface area contributed by atoms with Crippen molar-refractivity contribution in [1.29, 1.82) is 0 Å². The minimum Gasteiger partial charge on any atom is -0.352 e. The van der Waals surface area contributed by atoms with Crippen LogP contribution in [0.3, 0.4) is 0 Å². The van der Waals surface area contributed by atoms with Crippen LogP contribution >= 0.6 is 22.9 Å². The number of halogens is 1. The van der Waals surface area contributed by atoms with Crippen molar-refractivity contribution in [2.75, 3.05) is 13.6 Å². The Morgan fingerprint density at radius 1 is 1.45 bits per heavy atom. The number of carbonyl (C=O) groups is 1. The number of benzene rings is 1. The zero-order valence-electron chi connectivity index (χ0n) is 12.4. The molecule has 1 aromatic heterocycles. The van der Waals surface area contributed by atoms with Crippen LogP contribution in [0.2, 0.25) is 5.02 Å². The van der Waals surface area contributed by atoms with E-state index in [4.69, 9.17) is 11.6 Å². The molecule has 116 valence electrons. The molecule has 0 aliphatic heterocycles. The second-order valence-corrected chi connectivity index (χ2v) is 6.90. The molecular weight excluding hydrogens is 318 g/mol. The van der Waals surface area contributed by atoms with Crippen LogP contribution in [0.15, 0.2) is 29.6 Å². The summed E-state index contributed by atoms with van der Waals surface area (Å²) in [6, 6.07) is 8.11. The first-order chi connectivity index (χ1) is 10.6. The van der Waals surface area contributed by atoms with E-state index in [-0.39, 0.29) is 5.91 Å². The van der Waals surface area contributed by atoms with Crippen LogP contribution in [0.5, 0.6) is 0 Å². The fraction of sp³-hybridized carbons (Fsp3) is 0.375. The summed E-state index contributed by atoms with van der Waals surface area (Å²) in [5, 5.41) is 6.64. The van der Waals surface area contributed by atoms with Crippen LogP contribution in [0, 0.1) is 0 Å². The number of likely N-dealkylation sites (N-methyl/N-ethyl adjacent to an activating group) is 1. The van der Waals surface area contributed by atoms with Crippen molar-refractivity contribution in [3.63, 3.8) is 0 Å². The highest BCUT2D eigenvalue weighted by Crippen LogP contribution is 2.30. The largest absolute Gasteiger partial charge is 0.352 e. The van der Waals surface area contributed by atoms with Crippen molar-refractivity contribution in [3.8, 4) is 10.6 Å². The minimum atomic E-state index is 0.0894. The second-order valence-electron chi connectivity index (χ2n) is 5.64. The molecule has 22 heavy (non-hydrogen) atoms. The maximum atomic E-state index is 11.8. The highest BCUT2D eigenvalue weighted by atomic mass is 35.5. The second kappa shape index (κ2) is 6.77. The van der Waals surface area contributed by atoms with Gasteiger partial charge < -0.3 is 5.32 Å². The minimum absolute atomic E-state index is 0.0894. The van der Waals surface area contributed by atoms with Crippen molar-refractivity contribution >= 4 is 28.8 Å². The first-order valence-electron chi connectivity index (χ1n) is 7.29. The Labute approximate surface area is 139 Å². The number of rotatable bonds is 6. The van der Waals surface area contributed by atoms with Crippen LogP contribution in [0.25, 0.3) is 10.6 Å². The number of carbonyl (C=O) groups excluding carboxylic acids is 1. The number of hydrogen-bond donors (Lipinski definition) is 1. The van der Waals surface area contributed by atoms with E-state index in [0.29, 0.717) is 24.2 Å². The number of hydrogen-bond acceptors (Lipinski definition) is 4. The number of nitrogens with one attached hydrogen (secondary N) is 1. The molecule has 1 fully saturated rings. The third kappa shape index (κ3) is 4.06. The van der Waals surface area contributed by atoms with Gasteiger partial charge in [0.05, 0.1) is 17.3 Å². The van der Waals surface area contributed by atoms with Gasteiger partial charge in [0.15, 0.2) is 0 Å². The van der Waals surface area contributed by atoms with Gasteiger partial charge in [-0.1, -0.05) is 29.8 Å². The predicted octanol–water partition coefficient (Wildman–Crippen LogP) is 3.17. The van der Waals surface area contributed by atoms with Gasteiger partial charge in [0.2, 0.25) is 5.91 Å². The third-order valence-corrected chi connectivity index (χ3v) is 4.70. The van der Waals surface area contributed by atoms with E-state index in [0.717, 1.165) is 29.1 Å². The fourth-order valence-corrected chi connectivity index (χ4v) is 3.35. The van der Waals surface area contributed by atoms with Crippen molar-refractivity contribution in [1.82, 2.24) is 15.2 Å². The van der Waals surface area contributed by atoms with E-state index < -0.39 is 0 Å². The van der Waals surface area contributed by atoms with Gasteiger partial charge in [0, 0.05) is 23.5 Å². The molecule has 0 radical (unpaired) electrons. The molecule has 1 amide bonds. The molecule has 1 aliphatic rings. The highest BCUT2D eigenvalue weighted by Gasteiger charge is 2.23. The van der Waals surface area contributed by atoms with Crippen molar-refractivity contribution in [2.45, 2.75) is 25.4 Å². The lowest BCUT2D eigenvalue weighted by atomic mass is 10.2. The lowest BCUT2D eigenvalue weighted by Gasteiger charge is -2.14. The molecule has 1 heterocycles. The zero-order valence-corrected chi connectivity index (χ0v) is 14.0. The molecule has 2 aromatic rings. The van der Waals surface area contributed by atoms with E-state index in [1.807, 2.05) is 41.6 Å². The summed E-state index contributed by atoms with van der Waals surface area (Å²) in [5.74, 6) is 0.0894. The first kappa shape index (κ1) is 15.5. The Balaban J connectivity index is 1.59. The normalized spacial score (nSPS) is 14.3. The van der Waals surface area contributed by atoms with E-state index in [1.165, 1.54) is 0 Å². The first-order valence-corrected chi connectivity index (χ1v) is 8.55. The average Bonchev–Trinajstić information content (AvgIpc) is 3.16. The number of aromatic nitrogens is 1. The van der Waals surface area contributed by atoms with Crippen LogP contribution in [-0.2, 0) is 11.3 Å². The highest BCUT2D eigenvalue weighted by molar-refractivity contribution is 7.13. The van der Waals surface area contributed by atoms with Crippen LogP contribution in [0.1, 0.15) is 18.5 Å². The molecule has 0 atom stereocenters. The summed E-state index contributed by atoms with van der Waals surface area (Å²) in [5.41, 5.74) is 1.91. The monoisotopic (exact) mass is 335 g/mol.